The molecule has 0 saturated carbocycles. The lowest BCUT2D eigenvalue weighted by atomic mass is 10.1. The molecule has 1 aliphatic heterocycles. The Bertz CT molecular complexity index is 757. The Morgan fingerprint density at radius 2 is 1.78 bits per heavy atom. The highest BCUT2D eigenvalue weighted by atomic mass is 79.9. The predicted octanol–water partition coefficient (Wildman–Crippen LogP) is 1.62. The van der Waals surface area contributed by atoms with Crippen LogP contribution in [0.1, 0.15) is 19.3 Å². The summed E-state index contributed by atoms with van der Waals surface area (Å²) in [4.78, 5) is 2.16. The van der Waals surface area contributed by atoms with Crippen molar-refractivity contribution in [2.45, 2.75) is 29.1 Å². The standard InChI is InChI=1S/C14H21BrN2O4S2/c1-22(18,19)12-5-6-13(15)14(11-12)23(20,21)16-7-10-17-8-3-2-4-9-17/h5-6,11,16H,2-4,7-10H2,1H3. The van der Waals surface area contributed by atoms with Gasteiger partial charge in [0.1, 0.15) is 0 Å². The van der Waals surface area contributed by atoms with Crippen LogP contribution in [0.5, 0.6) is 0 Å². The Morgan fingerprint density at radius 1 is 1.13 bits per heavy atom. The molecule has 0 spiro atoms. The third-order valence-electron chi connectivity index (χ3n) is 3.79. The second-order valence-electron chi connectivity index (χ2n) is 5.66. The molecule has 1 fully saturated rings. The lowest BCUT2D eigenvalue weighted by Crippen LogP contribution is -2.37. The van der Waals surface area contributed by atoms with Gasteiger partial charge in [-0.25, -0.2) is 21.6 Å². The highest BCUT2D eigenvalue weighted by molar-refractivity contribution is 9.10. The van der Waals surface area contributed by atoms with E-state index >= 15 is 0 Å². The van der Waals surface area contributed by atoms with E-state index in [0.717, 1.165) is 32.2 Å². The molecule has 1 saturated heterocycles. The van der Waals surface area contributed by atoms with Crippen molar-refractivity contribution in [3.63, 3.8) is 0 Å². The Kier molecular flexibility index (Phi) is 6.23. The number of nitrogens with one attached hydrogen (secondary N) is 1. The fourth-order valence-corrected chi connectivity index (χ4v) is 5.25. The van der Waals surface area contributed by atoms with E-state index in [2.05, 4.69) is 25.6 Å². The highest BCUT2D eigenvalue weighted by Gasteiger charge is 2.21. The normalized spacial score (nSPS) is 17.3. The van der Waals surface area contributed by atoms with Gasteiger partial charge in [-0.05, 0) is 60.1 Å². The maximum atomic E-state index is 12.4. The first-order chi connectivity index (χ1) is 10.7. The number of hydrogen-bond donors (Lipinski definition) is 1. The van der Waals surface area contributed by atoms with Crippen molar-refractivity contribution in [1.82, 2.24) is 9.62 Å². The second kappa shape index (κ2) is 7.60. The smallest absolute Gasteiger partial charge is 0.241 e. The van der Waals surface area contributed by atoms with E-state index in [1.165, 1.54) is 24.6 Å². The number of benzene rings is 1. The van der Waals surface area contributed by atoms with Crippen molar-refractivity contribution in [3.05, 3.63) is 22.7 Å². The summed E-state index contributed by atoms with van der Waals surface area (Å²) in [7, 11) is -7.22. The van der Waals surface area contributed by atoms with Crippen LogP contribution >= 0.6 is 15.9 Å². The average Bonchev–Trinajstić information content (AvgIpc) is 2.47. The summed E-state index contributed by atoms with van der Waals surface area (Å²) in [6, 6.07) is 4.00. The van der Waals surface area contributed by atoms with Gasteiger partial charge < -0.3 is 4.90 Å². The van der Waals surface area contributed by atoms with E-state index in [1.54, 1.807) is 0 Å². The fraction of sp³-hybridized carbons (Fsp3) is 0.571. The Labute approximate surface area is 146 Å². The molecule has 1 aromatic carbocycles. The Hall–Kier alpha value is -0.480. The molecular weight excluding hydrogens is 404 g/mol. The van der Waals surface area contributed by atoms with Crippen LogP contribution in [-0.4, -0.2) is 54.2 Å². The molecule has 0 bridgehead atoms. The zero-order chi connectivity index (χ0) is 17.1. The summed E-state index contributed by atoms with van der Waals surface area (Å²) >= 11 is 3.18. The summed E-state index contributed by atoms with van der Waals surface area (Å²) in [5.74, 6) is 0. The molecule has 1 aliphatic rings. The van der Waals surface area contributed by atoms with Crippen LogP contribution in [0, 0.1) is 0 Å². The van der Waals surface area contributed by atoms with E-state index in [-0.39, 0.29) is 9.79 Å². The van der Waals surface area contributed by atoms with Crippen molar-refractivity contribution in [3.8, 4) is 0 Å². The molecule has 9 heteroatoms. The fourth-order valence-electron chi connectivity index (χ4n) is 2.52. The highest BCUT2D eigenvalue weighted by Crippen LogP contribution is 2.25. The third kappa shape index (κ3) is 5.25. The number of nitrogens with zero attached hydrogens (tertiary/aromatic N) is 1. The van der Waals surface area contributed by atoms with E-state index < -0.39 is 19.9 Å². The van der Waals surface area contributed by atoms with Gasteiger partial charge in [0.05, 0.1) is 9.79 Å². The van der Waals surface area contributed by atoms with Gasteiger partial charge in [0.25, 0.3) is 0 Å². The van der Waals surface area contributed by atoms with Gasteiger partial charge in [-0.3, -0.25) is 0 Å². The van der Waals surface area contributed by atoms with Gasteiger partial charge in [-0.15, -0.1) is 0 Å². The van der Waals surface area contributed by atoms with E-state index in [1.807, 2.05) is 0 Å². The SMILES string of the molecule is CS(=O)(=O)c1ccc(Br)c(S(=O)(=O)NCCN2CCCCC2)c1. The summed E-state index contributed by atoms with van der Waals surface area (Å²) in [5, 5.41) is 0. The lowest BCUT2D eigenvalue weighted by molar-refractivity contribution is 0.233. The van der Waals surface area contributed by atoms with Crippen molar-refractivity contribution < 1.29 is 16.8 Å². The average molecular weight is 425 g/mol. The summed E-state index contributed by atoms with van der Waals surface area (Å²) < 4.78 is 50.9. The Morgan fingerprint density at radius 3 is 2.39 bits per heavy atom. The lowest BCUT2D eigenvalue weighted by Gasteiger charge is -2.26. The number of rotatable bonds is 6. The molecule has 1 N–H and O–H groups in total. The minimum Gasteiger partial charge on any atom is -0.302 e. The third-order valence-corrected chi connectivity index (χ3v) is 7.35. The van der Waals surface area contributed by atoms with Crippen LogP contribution in [0.2, 0.25) is 0 Å². The van der Waals surface area contributed by atoms with Gasteiger partial charge in [0.15, 0.2) is 9.84 Å². The topological polar surface area (TPSA) is 83.5 Å². The molecule has 0 atom stereocenters. The predicted molar refractivity (Wildman–Crippen MR) is 92.7 cm³/mol. The second-order valence-corrected chi connectivity index (χ2v) is 10.3. The summed E-state index contributed by atoms with van der Waals surface area (Å²) in [6.45, 7) is 2.95. The first-order valence-corrected chi connectivity index (χ1v) is 11.6. The minimum absolute atomic E-state index is 0.0166. The van der Waals surface area contributed by atoms with Crippen LogP contribution in [-0.2, 0) is 19.9 Å². The molecule has 1 aromatic rings. The molecule has 2 rings (SSSR count). The number of halogens is 1. The zero-order valence-electron chi connectivity index (χ0n) is 13.0. The van der Waals surface area contributed by atoms with Crippen LogP contribution in [0.4, 0.5) is 0 Å². The van der Waals surface area contributed by atoms with Crippen molar-refractivity contribution in [1.29, 1.82) is 0 Å². The first kappa shape index (κ1) is 18.9. The van der Waals surface area contributed by atoms with Gasteiger partial charge in [-0.1, -0.05) is 6.42 Å². The molecule has 0 aromatic heterocycles. The first-order valence-electron chi connectivity index (χ1n) is 7.42. The molecular formula is C14H21BrN2O4S2. The molecule has 1 heterocycles. The van der Waals surface area contributed by atoms with Crippen LogP contribution in [0.25, 0.3) is 0 Å². The maximum Gasteiger partial charge on any atom is 0.241 e. The number of piperidine rings is 1. The van der Waals surface area contributed by atoms with Gasteiger partial charge in [0, 0.05) is 23.8 Å². The van der Waals surface area contributed by atoms with E-state index in [9.17, 15) is 16.8 Å². The van der Waals surface area contributed by atoms with E-state index in [0.29, 0.717) is 17.6 Å². The number of sulfonamides is 1. The van der Waals surface area contributed by atoms with E-state index in [4.69, 9.17) is 0 Å². The molecule has 0 unspecified atom stereocenters. The van der Waals surface area contributed by atoms with Crippen LogP contribution < -0.4 is 4.72 Å². The molecule has 6 nitrogen and oxygen atoms in total. The monoisotopic (exact) mass is 424 g/mol. The van der Waals surface area contributed by atoms with Gasteiger partial charge in [0.2, 0.25) is 10.0 Å². The van der Waals surface area contributed by atoms with Gasteiger partial charge >= 0.3 is 0 Å². The maximum absolute atomic E-state index is 12.4. The zero-order valence-corrected chi connectivity index (χ0v) is 16.2. The number of sulfone groups is 1. The molecule has 0 amide bonds. The molecule has 130 valence electrons. The summed E-state index contributed by atoms with van der Waals surface area (Å²) in [5.41, 5.74) is 0. The molecule has 23 heavy (non-hydrogen) atoms. The van der Waals surface area contributed by atoms with Crippen LogP contribution in [0.3, 0.4) is 0 Å². The number of hydrogen-bond acceptors (Lipinski definition) is 5. The minimum atomic E-state index is -3.76. The van der Waals surface area contributed by atoms with Crippen molar-refractivity contribution in [2.75, 3.05) is 32.4 Å². The van der Waals surface area contributed by atoms with Gasteiger partial charge in [-0.2, -0.15) is 0 Å². The van der Waals surface area contributed by atoms with Crippen molar-refractivity contribution in [2.24, 2.45) is 0 Å². The molecule has 0 radical (unpaired) electrons. The van der Waals surface area contributed by atoms with Crippen molar-refractivity contribution >= 4 is 35.8 Å². The largest absolute Gasteiger partial charge is 0.302 e. The summed E-state index contributed by atoms with van der Waals surface area (Å²) in [6.07, 6.45) is 4.58. The Balaban J connectivity index is 2.09. The van der Waals surface area contributed by atoms with Crippen LogP contribution in [0.15, 0.2) is 32.5 Å². The number of likely N-dealkylation sites (tertiary alicyclic amines) is 1. The molecule has 0 aliphatic carbocycles. The quantitative estimate of drug-likeness (QED) is 0.749.